The zero-order chi connectivity index (χ0) is 18.4. The molecule has 7 heteroatoms. The Bertz CT molecular complexity index is 852. The quantitative estimate of drug-likeness (QED) is 0.774. The monoisotopic (exact) mass is 380 g/mol. The van der Waals surface area contributed by atoms with Crippen molar-refractivity contribution >= 4 is 33.0 Å². The number of carbonyl (C=O) groups is 1. The topological polar surface area (TPSA) is 75.3 Å². The molecule has 0 aliphatic rings. The van der Waals surface area contributed by atoms with Gasteiger partial charge in [-0.15, -0.1) is 0 Å². The molecule has 25 heavy (non-hydrogen) atoms. The molecule has 0 atom stereocenters. The summed E-state index contributed by atoms with van der Waals surface area (Å²) in [5.74, 6) is -0.216. The van der Waals surface area contributed by atoms with Gasteiger partial charge in [-0.05, 0) is 30.5 Å². The van der Waals surface area contributed by atoms with Crippen molar-refractivity contribution in [3.05, 3.63) is 58.6 Å². The van der Waals surface area contributed by atoms with Crippen LogP contribution >= 0.6 is 11.6 Å². The average molecular weight is 381 g/mol. The van der Waals surface area contributed by atoms with Crippen LogP contribution in [0.3, 0.4) is 0 Å². The van der Waals surface area contributed by atoms with Crippen molar-refractivity contribution in [3.8, 4) is 0 Å². The molecule has 0 bridgehead atoms. The van der Waals surface area contributed by atoms with Crippen LogP contribution < -0.4 is 10.6 Å². The molecule has 2 aromatic rings. The summed E-state index contributed by atoms with van der Waals surface area (Å²) < 4.78 is 24.0. The van der Waals surface area contributed by atoms with Crippen LogP contribution in [0.1, 0.15) is 11.1 Å². The number of amides is 1. The Hall–Kier alpha value is -2.05. The number of aryl methyl sites for hydroxylation is 1. The van der Waals surface area contributed by atoms with Gasteiger partial charge in [-0.3, -0.25) is 4.79 Å². The lowest BCUT2D eigenvalue weighted by atomic mass is 10.1. The molecule has 0 fully saturated rings. The normalized spacial score (nSPS) is 11.2. The standard InChI is InChI=1S/C18H21ClN2O3S/c1-13-8-9-15(18(17(13)19)25(2,23)24)21-12-16(22)20-11-10-14-6-4-3-5-7-14/h3-9,21H,10-12H2,1-2H3,(H,20,22). The van der Waals surface area contributed by atoms with E-state index in [1.807, 2.05) is 30.3 Å². The fourth-order valence-electron chi connectivity index (χ4n) is 2.39. The molecule has 2 N–H and O–H groups in total. The van der Waals surface area contributed by atoms with E-state index in [1.165, 1.54) is 0 Å². The number of halogens is 1. The lowest BCUT2D eigenvalue weighted by molar-refractivity contribution is -0.119. The third kappa shape index (κ3) is 5.47. The number of benzene rings is 2. The number of anilines is 1. The van der Waals surface area contributed by atoms with Crippen molar-refractivity contribution < 1.29 is 13.2 Å². The molecule has 2 aromatic carbocycles. The van der Waals surface area contributed by atoms with Gasteiger partial charge in [0.25, 0.3) is 0 Å². The number of sulfone groups is 1. The Kier molecular flexibility index (Phi) is 6.45. The minimum Gasteiger partial charge on any atom is -0.375 e. The molecule has 0 aliphatic heterocycles. The fourth-order valence-corrected chi connectivity index (χ4v) is 4.00. The number of hydrogen-bond donors (Lipinski definition) is 2. The third-order valence-corrected chi connectivity index (χ3v) is 5.44. The Morgan fingerprint density at radius 1 is 1.12 bits per heavy atom. The Balaban J connectivity index is 1.95. The number of nitrogens with one attached hydrogen (secondary N) is 2. The summed E-state index contributed by atoms with van der Waals surface area (Å²) in [6, 6.07) is 13.2. The molecule has 0 unspecified atom stereocenters. The van der Waals surface area contributed by atoms with Gasteiger partial charge in [0.05, 0.1) is 17.3 Å². The summed E-state index contributed by atoms with van der Waals surface area (Å²) >= 11 is 6.13. The Morgan fingerprint density at radius 2 is 1.80 bits per heavy atom. The molecular formula is C18H21ClN2O3S. The minimum atomic E-state index is -3.51. The van der Waals surface area contributed by atoms with Crippen molar-refractivity contribution in [2.45, 2.75) is 18.2 Å². The first-order chi connectivity index (χ1) is 11.8. The average Bonchev–Trinajstić information content (AvgIpc) is 2.55. The SMILES string of the molecule is Cc1ccc(NCC(=O)NCCc2ccccc2)c(S(C)(=O)=O)c1Cl. The van der Waals surface area contributed by atoms with E-state index in [1.54, 1.807) is 19.1 Å². The van der Waals surface area contributed by atoms with Crippen molar-refractivity contribution in [2.75, 3.05) is 24.7 Å². The molecule has 0 heterocycles. The van der Waals surface area contributed by atoms with E-state index < -0.39 is 9.84 Å². The maximum Gasteiger partial charge on any atom is 0.239 e. The second-order valence-corrected chi connectivity index (χ2v) is 8.11. The van der Waals surface area contributed by atoms with Gasteiger partial charge in [-0.25, -0.2) is 8.42 Å². The van der Waals surface area contributed by atoms with E-state index in [0.717, 1.165) is 18.2 Å². The van der Waals surface area contributed by atoms with Gasteiger partial charge in [0, 0.05) is 12.8 Å². The summed E-state index contributed by atoms with van der Waals surface area (Å²) in [4.78, 5) is 12.0. The highest BCUT2D eigenvalue weighted by atomic mass is 35.5. The van der Waals surface area contributed by atoms with Crippen LogP contribution in [0.5, 0.6) is 0 Å². The zero-order valence-corrected chi connectivity index (χ0v) is 15.7. The van der Waals surface area contributed by atoms with E-state index in [2.05, 4.69) is 10.6 Å². The third-order valence-electron chi connectivity index (χ3n) is 3.68. The van der Waals surface area contributed by atoms with Gasteiger partial charge in [-0.1, -0.05) is 48.0 Å². The molecule has 0 aromatic heterocycles. The van der Waals surface area contributed by atoms with Crippen molar-refractivity contribution in [2.24, 2.45) is 0 Å². The summed E-state index contributed by atoms with van der Waals surface area (Å²) in [6.07, 6.45) is 1.83. The summed E-state index contributed by atoms with van der Waals surface area (Å²) in [5, 5.41) is 5.84. The highest BCUT2D eigenvalue weighted by Gasteiger charge is 2.19. The van der Waals surface area contributed by atoms with Crippen LogP contribution in [-0.2, 0) is 21.1 Å². The second-order valence-electron chi connectivity index (χ2n) is 5.78. The van der Waals surface area contributed by atoms with Gasteiger partial charge in [-0.2, -0.15) is 0 Å². The fraction of sp³-hybridized carbons (Fsp3) is 0.278. The molecular weight excluding hydrogens is 360 g/mol. The van der Waals surface area contributed by atoms with E-state index in [0.29, 0.717) is 17.8 Å². The predicted molar refractivity (Wildman–Crippen MR) is 101 cm³/mol. The van der Waals surface area contributed by atoms with Gasteiger partial charge in [0.1, 0.15) is 4.90 Å². The Morgan fingerprint density at radius 3 is 2.44 bits per heavy atom. The summed E-state index contributed by atoms with van der Waals surface area (Å²) in [7, 11) is -3.51. The van der Waals surface area contributed by atoms with E-state index in [9.17, 15) is 13.2 Å². The van der Waals surface area contributed by atoms with Crippen LogP contribution in [0, 0.1) is 6.92 Å². The second kappa shape index (κ2) is 8.36. The summed E-state index contributed by atoms with van der Waals surface area (Å²) in [6.45, 7) is 2.21. The van der Waals surface area contributed by atoms with Crippen LogP contribution in [0.4, 0.5) is 5.69 Å². The van der Waals surface area contributed by atoms with Crippen molar-refractivity contribution in [3.63, 3.8) is 0 Å². The first-order valence-corrected chi connectivity index (χ1v) is 10.1. The number of hydrogen-bond acceptors (Lipinski definition) is 4. The summed E-state index contributed by atoms with van der Waals surface area (Å²) in [5.41, 5.74) is 2.14. The molecule has 0 saturated carbocycles. The molecule has 0 aliphatic carbocycles. The van der Waals surface area contributed by atoms with Crippen molar-refractivity contribution in [1.82, 2.24) is 5.32 Å². The first-order valence-electron chi connectivity index (χ1n) is 7.82. The van der Waals surface area contributed by atoms with Crippen LogP contribution in [-0.4, -0.2) is 33.7 Å². The highest BCUT2D eigenvalue weighted by molar-refractivity contribution is 7.91. The maximum absolute atomic E-state index is 12.0. The molecule has 134 valence electrons. The zero-order valence-electron chi connectivity index (χ0n) is 14.2. The molecule has 1 amide bonds. The highest BCUT2D eigenvalue weighted by Crippen LogP contribution is 2.31. The van der Waals surface area contributed by atoms with Gasteiger partial charge >= 0.3 is 0 Å². The molecule has 0 saturated heterocycles. The molecule has 2 rings (SSSR count). The van der Waals surface area contributed by atoms with Crippen LogP contribution in [0.15, 0.2) is 47.4 Å². The van der Waals surface area contributed by atoms with E-state index in [-0.39, 0.29) is 22.4 Å². The number of carbonyl (C=O) groups excluding carboxylic acids is 1. The first kappa shape index (κ1) is 19.3. The smallest absolute Gasteiger partial charge is 0.239 e. The van der Waals surface area contributed by atoms with Gasteiger partial charge in [0.2, 0.25) is 5.91 Å². The van der Waals surface area contributed by atoms with Crippen LogP contribution in [0.25, 0.3) is 0 Å². The molecule has 5 nitrogen and oxygen atoms in total. The molecule has 0 radical (unpaired) electrons. The van der Waals surface area contributed by atoms with Crippen molar-refractivity contribution in [1.29, 1.82) is 0 Å². The number of rotatable bonds is 7. The Labute approximate surface area is 153 Å². The lowest BCUT2D eigenvalue weighted by Crippen LogP contribution is -2.31. The maximum atomic E-state index is 12.0. The van der Waals surface area contributed by atoms with Gasteiger partial charge in [0.15, 0.2) is 9.84 Å². The largest absolute Gasteiger partial charge is 0.375 e. The lowest BCUT2D eigenvalue weighted by Gasteiger charge is -2.14. The molecule has 0 spiro atoms. The van der Waals surface area contributed by atoms with Gasteiger partial charge < -0.3 is 10.6 Å². The van der Waals surface area contributed by atoms with E-state index >= 15 is 0 Å². The minimum absolute atomic E-state index is 0.0197. The van der Waals surface area contributed by atoms with Crippen LogP contribution in [0.2, 0.25) is 5.02 Å². The van der Waals surface area contributed by atoms with E-state index in [4.69, 9.17) is 11.6 Å². The predicted octanol–water partition coefficient (Wildman–Crippen LogP) is 2.82.